The van der Waals surface area contributed by atoms with Gasteiger partial charge >= 0.3 is 0 Å². The van der Waals surface area contributed by atoms with E-state index in [0.29, 0.717) is 54.7 Å². The zero-order chi connectivity index (χ0) is 31.0. The lowest BCUT2D eigenvalue weighted by molar-refractivity contribution is -0.384. The average molecular weight is 627 g/mol. The van der Waals surface area contributed by atoms with E-state index in [4.69, 9.17) is 20.8 Å². The molecule has 44 heavy (non-hydrogen) atoms. The zero-order valence-corrected chi connectivity index (χ0v) is 24.9. The van der Waals surface area contributed by atoms with Crippen LogP contribution < -0.4 is 24.9 Å². The third-order valence-corrected chi connectivity index (χ3v) is 8.34. The van der Waals surface area contributed by atoms with Crippen molar-refractivity contribution >= 4 is 46.3 Å². The summed E-state index contributed by atoms with van der Waals surface area (Å²) in [5.41, 5.74) is 1.95. The first-order chi connectivity index (χ1) is 21.2. The Kier molecular flexibility index (Phi) is 7.73. The second kappa shape index (κ2) is 11.8. The number of hydrogen-bond acceptors (Lipinski definition) is 8. The Morgan fingerprint density at radius 2 is 1.91 bits per heavy atom. The number of carbonyl (C=O) groups is 1. The molecule has 6 rings (SSSR count). The van der Waals surface area contributed by atoms with Crippen LogP contribution in [-0.4, -0.2) is 22.5 Å². The number of nitrogens with zero attached hydrogens (tertiary/aromatic N) is 3. The molecular weight excluding hydrogens is 604 g/mol. The van der Waals surface area contributed by atoms with E-state index < -0.39 is 11.0 Å². The molecule has 0 radical (unpaired) electrons. The Hall–Kier alpha value is -5.26. The smallest absolute Gasteiger partial charge is 0.288 e. The van der Waals surface area contributed by atoms with E-state index >= 15 is 0 Å². The summed E-state index contributed by atoms with van der Waals surface area (Å²) in [5, 5.41) is 14.3. The number of nitrogens with one attached hydrogen (secondary N) is 1. The summed E-state index contributed by atoms with van der Waals surface area (Å²) in [4.78, 5) is 43.6. The molecule has 0 saturated carbocycles. The summed E-state index contributed by atoms with van der Waals surface area (Å²) in [5.74, 6) is 0.923. The third-order valence-electron chi connectivity index (χ3n) is 7.03. The van der Waals surface area contributed by atoms with Crippen molar-refractivity contribution in [3.63, 3.8) is 0 Å². The van der Waals surface area contributed by atoms with Crippen molar-refractivity contribution in [1.82, 2.24) is 4.57 Å². The van der Waals surface area contributed by atoms with E-state index in [2.05, 4.69) is 10.3 Å². The molecule has 1 aliphatic heterocycles. The Morgan fingerprint density at radius 3 is 2.66 bits per heavy atom. The average Bonchev–Trinajstić information content (AvgIpc) is 3.61. The van der Waals surface area contributed by atoms with Crippen molar-refractivity contribution in [3.8, 4) is 17.1 Å². The van der Waals surface area contributed by atoms with Crippen LogP contribution >= 0.6 is 22.9 Å². The van der Waals surface area contributed by atoms with Crippen LogP contribution in [0.25, 0.3) is 17.4 Å². The van der Waals surface area contributed by atoms with Gasteiger partial charge in [0.1, 0.15) is 22.3 Å². The number of halogens is 1. The minimum Gasteiger partial charge on any atom is -0.497 e. The highest BCUT2D eigenvalue weighted by Gasteiger charge is 2.33. The highest BCUT2D eigenvalue weighted by atomic mass is 35.5. The second-order valence-electron chi connectivity index (χ2n) is 9.80. The largest absolute Gasteiger partial charge is 0.497 e. The molecule has 1 N–H and O–H groups in total. The first kappa shape index (κ1) is 28.8. The van der Waals surface area contributed by atoms with Gasteiger partial charge in [-0.2, -0.15) is 0 Å². The fourth-order valence-corrected chi connectivity index (χ4v) is 6.19. The number of thiazole rings is 1. The molecule has 220 valence electrons. The van der Waals surface area contributed by atoms with Gasteiger partial charge in [-0.3, -0.25) is 24.3 Å². The summed E-state index contributed by atoms with van der Waals surface area (Å²) in [6.45, 7) is 1.74. The van der Waals surface area contributed by atoms with Gasteiger partial charge in [-0.15, -0.1) is 0 Å². The number of nitro groups is 1. The zero-order valence-electron chi connectivity index (χ0n) is 23.3. The van der Waals surface area contributed by atoms with Crippen LogP contribution in [0.3, 0.4) is 0 Å². The Balaban J connectivity index is 1.44. The number of anilines is 1. The molecule has 1 atom stereocenters. The van der Waals surface area contributed by atoms with Crippen molar-refractivity contribution < 1.29 is 18.9 Å². The maximum Gasteiger partial charge on any atom is 0.288 e. The van der Waals surface area contributed by atoms with E-state index in [-0.39, 0.29) is 22.2 Å². The predicted octanol–water partition coefficient (Wildman–Crippen LogP) is 5.70. The van der Waals surface area contributed by atoms with Crippen molar-refractivity contribution in [1.29, 1.82) is 0 Å². The number of fused-ring (bicyclic) bond motifs is 1. The molecule has 0 saturated heterocycles. The number of benzene rings is 3. The minimum absolute atomic E-state index is 0.0179. The number of para-hydroxylation sites is 1. The van der Waals surface area contributed by atoms with E-state index in [1.165, 1.54) is 16.7 Å². The lowest BCUT2D eigenvalue weighted by atomic mass is 9.95. The van der Waals surface area contributed by atoms with Gasteiger partial charge in [-0.25, -0.2) is 4.99 Å². The predicted molar refractivity (Wildman–Crippen MR) is 168 cm³/mol. The summed E-state index contributed by atoms with van der Waals surface area (Å²) >= 11 is 7.12. The molecule has 0 aliphatic carbocycles. The van der Waals surface area contributed by atoms with Gasteiger partial charge in [0.2, 0.25) is 0 Å². The van der Waals surface area contributed by atoms with Gasteiger partial charge in [0.25, 0.3) is 17.2 Å². The SMILES string of the molecule is COc1cccc([C@H]2C(C(=O)Nc3ccccc3)=C(C)N=c3s/c(=C\c4ccc(-c5ccc(Cl)c([N+](=O)[O-])c5)o4)c(=O)n32)c1. The van der Waals surface area contributed by atoms with Crippen LogP contribution in [-0.2, 0) is 4.79 Å². The number of nitro benzene ring substituents is 1. The van der Waals surface area contributed by atoms with Gasteiger partial charge in [0, 0.05) is 23.4 Å². The first-order valence-electron chi connectivity index (χ1n) is 13.3. The van der Waals surface area contributed by atoms with Crippen LogP contribution in [0.2, 0.25) is 5.02 Å². The molecular formula is C32H23ClN4O6S. The molecule has 0 spiro atoms. The van der Waals surface area contributed by atoms with Crippen molar-refractivity contribution in [3.05, 3.63) is 142 Å². The normalized spacial score (nSPS) is 14.6. The molecule has 3 heterocycles. The van der Waals surface area contributed by atoms with Crippen molar-refractivity contribution in [2.45, 2.75) is 13.0 Å². The topological polar surface area (TPSA) is 129 Å². The summed E-state index contributed by atoms with van der Waals surface area (Å²) < 4.78 is 13.2. The highest BCUT2D eigenvalue weighted by Crippen LogP contribution is 2.33. The monoisotopic (exact) mass is 626 g/mol. The van der Waals surface area contributed by atoms with Crippen LogP contribution in [0.4, 0.5) is 11.4 Å². The molecule has 0 bridgehead atoms. The fourth-order valence-electron chi connectivity index (χ4n) is 4.98. The van der Waals surface area contributed by atoms with Gasteiger partial charge in [-0.05, 0) is 61.0 Å². The van der Waals surface area contributed by atoms with Gasteiger partial charge in [0.05, 0.1) is 33.9 Å². The molecule has 12 heteroatoms. The third kappa shape index (κ3) is 5.46. The lowest BCUT2D eigenvalue weighted by Gasteiger charge is -2.25. The lowest BCUT2D eigenvalue weighted by Crippen LogP contribution is -2.40. The van der Waals surface area contributed by atoms with Crippen LogP contribution in [0.5, 0.6) is 5.75 Å². The quantitative estimate of drug-likeness (QED) is 0.182. The highest BCUT2D eigenvalue weighted by molar-refractivity contribution is 7.07. The van der Waals surface area contributed by atoms with Crippen molar-refractivity contribution in [2.24, 2.45) is 4.99 Å². The van der Waals surface area contributed by atoms with Crippen LogP contribution in [0.1, 0.15) is 24.3 Å². The number of aromatic nitrogens is 1. The first-order valence-corrected chi connectivity index (χ1v) is 14.5. The number of hydrogen-bond donors (Lipinski definition) is 1. The van der Waals surface area contributed by atoms with Gasteiger partial charge < -0.3 is 14.5 Å². The molecule has 2 aromatic heterocycles. The maximum absolute atomic E-state index is 14.0. The van der Waals surface area contributed by atoms with E-state index in [1.807, 2.05) is 24.3 Å². The number of furan rings is 1. The molecule has 1 amide bonds. The molecule has 0 unspecified atom stereocenters. The fraction of sp³-hybridized carbons (Fsp3) is 0.0938. The maximum atomic E-state index is 14.0. The van der Waals surface area contributed by atoms with E-state index in [1.54, 1.807) is 68.6 Å². The molecule has 0 fully saturated rings. The molecule has 1 aliphatic rings. The number of rotatable bonds is 7. The number of allylic oxidation sites excluding steroid dienone is 1. The van der Waals surface area contributed by atoms with E-state index in [9.17, 15) is 19.7 Å². The summed E-state index contributed by atoms with van der Waals surface area (Å²) in [6, 6.07) is 23.2. The number of methoxy groups -OCH3 is 1. The van der Waals surface area contributed by atoms with Crippen LogP contribution in [0, 0.1) is 10.1 Å². The Bertz CT molecular complexity index is 2150. The van der Waals surface area contributed by atoms with Gasteiger partial charge in [0.15, 0.2) is 4.80 Å². The van der Waals surface area contributed by atoms with Crippen molar-refractivity contribution in [2.75, 3.05) is 12.4 Å². The number of carbonyl (C=O) groups excluding carboxylic acids is 1. The Morgan fingerprint density at radius 1 is 1.11 bits per heavy atom. The summed E-state index contributed by atoms with van der Waals surface area (Å²) in [7, 11) is 1.55. The van der Waals surface area contributed by atoms with E-state index in [0.717, 1.165) is 11.3 Å². The number of ether oxygens (including phenoxy) is 1. The minimum atomic E-state index is -0.783. The number of amides is 1. The Labute approximate surface area is 259 Å². The molecule has 5 aromatic rings. The van der Waals surface area contributed by atoms with Crippen LogP contribution in [0.15, 0.2) is 110 Å². The standard InChI is InChI=1S/C32H23ClN4O6S/c1-18-28(30(38)35-21-8-4-3-5-9-21)29(20-7-6-10-22(15-20)42-2)36-31(39)27(44-32(36)34-18)17-23-12-14-26(43-23)19-11-13-24(33)25(16-19)37(40)41/h3-17,29H,1-2H3,(H,35,38)/b27-17-/t29-/m0/s1. The second-order valence-corrected chi connectivity index (χ2v) is 11.2. The summed E-state index contributed by atoms with van der Waals surface area (Å²) in [6.07, 6.45) is 1.59. The molecule has 10 nitrogen and oxygen atoms in total. The van der Waals surface area contributed by atoms with Gasteiger partial charge in [-0.1, -0.05) is 53.3 Å². The molecule has 3 aromatic carbocycles.